The molecule has 2 N–H and O–H groups in total. The van der Waals surface area contributed by atoms with E-state index in [1.807, 2.05) is 97.2 Å². The lowest BCUT2D eigenvalue weighted by Gasteiger charge is -2.08. The number of amides is 1. The molecule has 0 spiro atoms. The number of nitrogens with zero attached hydrogens (tertiary/aromatic N) is 3. The Kier molecular flexibility index (Phi) is 5.90. The summed E-state index contributed by atoms with van der Waals surface area (Å²) in [4.78, 5) is 15.9. The van der Waals surface area contributed by atoms with E-state index < -0.39 is 0 Å². The number of ether oxygens (including phenoxy) is 1. The third-order valence-electron chi connectivity index (χ3n) is 5.24. The van der Waals surface area contributed by atoms with Crippen LogP contribution in [0.15, 0.2) is 97.2 Å². The Hall–Kier alpha value is -4.65. The van der Waals surface area contributed by atoms with Crippen LogP contribution >= 0.6 is 0 Å². The van der Waals surface area contributed by atoms with E-state index in [1.165, 1.54) is 6.92 Å². The molecule has 0 saturated carbocycles. The van der Waals surface area contributed by atoms with Crippen LogP contribution < -0.4 is 15.4 Å². The number of pyridine rings is 1. The second-order valence-electron chi connectivity index (χ2n) is 7.81. The van der Waals surface area contributed by atoms with Crippen molar-refractivity contribution in [2.24, 2.45) is 0 Å². The molecular weight excluding hydrogens is 426 g/mol. The first-order valence-corrected chi connectivity index (χ1v) is 10.9. The van der Waals surface area contributed by atoms with Gasteiger partial charge in [-0.2, -0.15) is 4.98 Å². The zero-order valence-electron chi connectivity index (χ0n) is 18.6. The summed E-state index contributed by atoms with van der Waals surface area (Å²) < 4.78 is 7.66. The average molecular weight is 450 g/mol. The molecular formula is C27H23N5O2. The Morgan fingerprint density at radius 3 is 2.35 bits per heavy atom. The Labute approximate surface area is 197 Å². The van der Waals surface area contributed by atoms with Gasteiger partial charge in [0.1, 0.15) is 12.4 Å². The number of fused-ring (bicyclic) bond motifs is 1. The fourth-order valence-corrected chi connectivity index (χ4v) is 3.63. The van der Waals surface area contributed by atoms with Gasteiger partial charge in [0.2, 0.25) is 11.9 Å². The largest absolute Gasteiger partial charge is 0.489 e. The zero-order chi connectivity index (χ0) is 23.3. The molecule has 3 aromatic carbocycles. The van der Waals surface area contributed by atoms with E-state index in [2.05, 4.69) is 15.7 Å². The van der Waals surface area contributed by atoms with Crippen LogP contribution in [0.5, 0.6) is 5.75 Å². The highest BCUT2D eigenvalue weighted by Gasteiger charge is 2.10. The SMILES string of the molecule is CC(=O)Nc1ccc(Nc2nc3c(-c4ccc(OCc5ccccc5)cc4)cccn3n2)cc1. The third-order valence-corrected chi connectivity index (χ3v) is 5.24. The number of anilines is 3. The highest BCUT2D eigenvalue weighted by molar-refractivity contribution is 5.88. The lowest BCUT2D eigenvalue weighted by molar-refractivity contribution is -0.114. The Morgan fingerprint density at radius 1 is 0.882 bits per heavy atom. The lowest BCUT2D eigenvalue weighted by atomic mass is 10.1. The first-order valence-electron chi connectivity index (χ1n) is 10.9. The molecule has 1 amide bonds. The van der Waals surface area contributed by atoms with Crippen molar-refractivity contribution in [3.05, 3.63) is 103 Å². The monoisotopic (exact) mass is 449 g/mol. The van der Waals surface area contributed by atoms with E-state index in [0.717, 1.165) is 39.5 Å². The maximum absolute atomic E-state index is 11.2. The van der Waals surface area contributed by atoms with Crippen molar-refractivity contribution in [2.45, 2.75) is 13.5 Å². The fraction of sp³-hybridized carbons (Fsp3) is 0.0741. The van der Waals surface area contributed by atoms with Gasteiger partial charge < -0.3 is 15.4 Å². The predicted octanol–water partition coefficient (Wildman–Crippen LogP) is 5.68. The zero-order valence-corrected chi connectivity index (χ0v) is 18.6. The minimum absolute atomic E-state index is 0.106. The summed E-state index contributed by atoms with van der Waals surface area (Å²) in [5, 5.41) is 10.5. The molecule has 0 aliphatic heterocycles. The van der Waals surface area contributed by atoms with Gasteiger partial charge in [0.15, 0.2) is 5.65 Å². The van der Waals surface area contributed by atoms with Gasteiger partial charge in [0, 0.05) is 30.1 Å². The van der Waals surface area contributed by atoms with Crippen molar-refractivity contribution < 1.29 is 9.53 Å². The maximum atomic E-state index is 11.2. The van der Waals surface area contributed by atoms with Crippen LogP contribution in [0.3, 0.4) is 0 Å². The van der Waals surface area contributed by atoms with E-state index in [-0.39, 0.29) is 5.91 Å². The highest BCUT2D eigenvalue weighted by atomic mass is 16.5. The van der Waals surface area contributed by atoms with E-state index in [1.54, 1.807) is 4.52 Å². The van der Waals surface area contributed by atoms with Gasteiger partial charge in [-0.25, -0.2) is 4.52 Å². The molecule has 168 valence electrons. The van der Waals surface area contributed by atoms with Crippen LogP contribution in [-0.4, -0.2) is 20.5 Å². The number of rotatable bonds is 7. The molecule has 0 aliphatic carbocycles. The minimum Gasteiger partial charge on any atom is -0.489 e. The summed E-state index contributed by atoms with van der Waals surface area (Å²) >= 11 is 0. The molecule has 7 nitrogen and oxygen atoms in total. The van der Waals surface area contributed by atoms with Gasteiger partial charge in [-0.05, 0) is 59.7 Å². The molecule has 2 heterocycles. The molecule has 0 saturated heterocycles. The summed E-state index contributed by atoms with van der Waals surface area (Å²) in [5.74, 6) is 1.19. The van der Waals surface area contributed by atoms with Crippen LogP contribution in [0, 0.1) is 0 Å². The van der Waals surface area contributed by atoms with Crippen LogP contribution in [0.25, 0.3) is 16.8 Å². The van der Waals surface area contributed by atoms with Gasteiger partial charge in [-0.1, -0.05) is 42.5 Å². The van der Waals surface area contributed by atoms with Gasteiger partial charge in [0.05, 0.1) is 0 Å². The van der Waals surface area contributed by atoms with Crippen LogP contribution in [0.2, 0.25) is 0 Å². The van der Waals surface area contributed by atoms with E-state index in [0.29, 0.717) is 12.6 Å². The van der Waals surface area contributed by atoms with Gasteiger partial charge >= 0.3 is 0 Å². The van der Waals surface area contributed by atoms with Crippen molar-refractivity contribution in [3.63, 3.8) is 0 Å². The van der Waals surface area contributed by atoms with Crippen molar-refractivity contribution in [2.75, 3.05) is 10.6 Å². The van der Waals surface area contributed by atoms with Gasteiger partial charge in [0.25, 0.3) is 0 Å². The van der Waals surface area contributed by atoms with Crippen molar-refractivity contribution in [3.8, 4) is 16.9 Å². The number of carbonyl (C=O) groups excluding carboxylic acids is 1. The molecule has 0 aliphatic rings. The van der Waals surface area contributed by atoms with Crippen molar-refractivity contribution >= 4 is 28.9 Å². The summed E-state index contributed by atoms with van der Waals surface area (Å²) in [5.41, 5.74) is 5.43. The molecule has 2 aromatic heterocycles. The van der Waals surface area contributed by atoms with Crippen molar-refractivity contribution in [1.82, 2.24) is 14.6 Å². The summed E-state index contributed by atoms with van der Waals surface area (Å²) in [6.07, 6.45) is 1.87. The quantitative estimate of drug-likeness (QED) is 0.334. The van der Waals surface area contributed by atoms with E-state index >= 15 is 0 Å². The topological polar surface area (TPSA) is 80.5 Å². The standard InChI is InChI=1S/C27H23N5O2/c1-19(33)28-22-11-13-23(14-12-22)29-27-30-26-25(8-5-17-32(26)31-27)21-9-15-24(16-10-21)34-18-20-6-3-2-4-7-20/h2-17H,18H2,1H3,(H,28,33)(H,29,31). The highest BCUT2D eigenvalue weighted by Crippen LogP contribution is 2.27. The summed E-state index contributed by atoms with van der Waals surface area (Å²) in [6.45, 7) is 2.01. The number of aromatic nitrogens is 3. The Morgan fingerprint density at radius 2 is 1.62 bits per heavy atom. The van der Waals surface area contributed by atoms with Crippen LogP contribution in [-0.2, 0) is 11.4 Å². The molecule has 7 heteroatoms. The summed E-state index contributed by atoms with van der Waals surface area (Å²) in [6, 6.07) is 29.4. The number of carbonyl (C=O) groups is 1. The molecule has 34 heavy (non-hydrogen) atoms. The Balaban J connectivity index is 1.32. The molecule has 5 rings (SSSR count). The minimum atomic E-state index is -0.106. The fourth-order valence-electron chi connectivity index (χ4n) is 3.63. The first-order chi connectivity index (χ1) is 16.6. The third kappa shape index (κ3) is 4.88. The van der Waals surface area contributed by atoms with Crippen LogP contribution in [0.4, 0.5) is 17.3 Å². The second-order valence-corrected chi connectivity index (χ2v) is 7.81. The molecule has 0 bridgehead atoms. The molecule has 0 radical (unpaired) electrons. The van der Waals surface area contributed by atoms with Gasteiger partial charge in [-0.15, -0.1) is 5.10 Å². The van der Waals surface area contributed by atoms with Crippen LogP contribution in [0.1, 0.15) is 12.5 Å². The Bertz CT molecular complexity index is 1410. The number of hydrogen-bond acceptors (Lipinski definition) is 5. The molecule has 0 unspecified atom stereocenters. The predicted molar refractivity (Wildman–Crippen MR) is 133 cm³/mol. The average Bonchev–Trinajstić information content (AvgIpc) is 3.27. The second kappa shape index (κ2) is 9.46. The molecule has 0 fully saturated rings. The molecule has 5 aromatic rings. The number of hydrogen-bond donors (Lipinski definition) is 2. The smallest absolute Gasteiger partial charge is 0.247 e. The molecule has 0 atom stereocenters. The summed E-state index contributed by atoms with van der Waals surface area (Å²) in [7, 11) is 0. The van der Waals surface area contributed by atoms with Crippen molar-refractivity contribution in [1.29, 1.82) is 0 Å². The number of nitrogens with one attached hydrogen (secondary N) is 2. The normalized spacial score (nSPS) is 10.7. The lowest BCUT2D eigenvalue weighted by Crippen LogP contribution is -2.05. The first kappa shape index (κ1) is 21.2. The maximum Gasteiger partial charge on any atom is 0.247 e. The van der Waals surface area contributed by atoms with E-state index in [4.69, 9.17) is 9.72 Å². The van der Waals surface area contributed by atoms with E-state index in [9.17, 15) is 4.79 Å². The number of benzene rings is 3. The van der Waals surface area contributed by atoms with Gasteiger partial charge in [-0.3, -0.25) is 4.79 Å².